The lowest BCUT2D eigenvalue weighted by Gasteiger charge is -2.14. The highest BCUT2D eigenvalue weighted by Gasteiger charge is 2.44. The van der Waals surface area contributed by atoms with Crippen LogP contribution in [0.1, 0.15) is 21.6 Å². The summed E-state index contributed by atoms with van der Waals surface area (Å²) >= 11 is 0.497. The van der Waals surface area contributed by atoms with Gasteiger partial charge in [0.15, 0.2) is 16.6 Å². The Kier molecular flexibility index (Phi) is 5.94. The average Bonchev–Trinajstić information content (AvgIpc) is 3.24. The van der Waals surface area contributed by atoms with Crippen LogP contribution in [0.3, 0.4) is 0 Å². The number of fused-ring (bicyclic) bond motifs is 1. The molecule has 2 heterocycles. The Labute approximate surface area is 175 Å². The van der Waals surface area contributed by atoms with Gasteiger partial charge in [-0.1, -0.05) is 0 Å². The molecule has 0 saturated heterocycles. The van der Waals surface area contributed by atoms with Gasteiger partial charge >= 0.3 is 18.5 Å². The molecule has 0 fully saturated rings. The van der Waals surface area contributed by atoms with Crippen molar-refractivity contribution >= 4 is 34.1 Å². The van der Waals surface area contributed by atoms with Crippen LogP contribution in [0.15, 0.2) is 23.6 Å². The molecule has 0 aliphatic rings. The summed E-state index contributed by atoms with van der Waals surface area (Å²) in [6.45, 7) is 1.40. The van der Waals surface area contributed by atoms with E-state index in [9.17, 15) is 36.6 Å². The molecule has 0 atom stereocenters. The van der Waals surface area contributed by atoms with Gasteiger partial charge < -0.3 is 14.6 Å². The van der Waals surface area contributed by atoms with Gasteiger partial charge in [-0.3, -0.25) is 14.2 Å². The number of ether oxygens (including phenoxy) is 2. The van der Waals surface area contributed by atoms with Crippen molar-refractivity contribution in [2.24, 2.45) is 0 Å². The maximum absolute atomic E-state index is 14.9. The first kappa shape index (κ1) is 22.5. The zero-order chi connectivity index (χ0) is 23.1. The monoisotopic (exact) mass is 463 g/mol. The van der Waals surface area contributed by atoms with Crippen molar-refractivity contribution in [2.75, 3.05) is 7.11 Å². The van der Waals surface area contributed by atoms with Crippen molar-refractivity contribution < 1.29 is 46.1 Å². The second-order valence-corrected chi connectivity index (χ2v) is 7.24. The molecule has 1 aromatic carbocycles. The normalized spacial score (nSPS) is 11.9. The standard InChI is InChI=1S/C19H14F5NO5S/c1-8-10(6-13(26)27)15-11(3-4-12(29-2)16(15)20)25(8)17(28)9-5-14(31-7-9)30-19(23,24)18(21)22/h3-5,7,18H,6H2,1-2H3,(H,26,27). The number of thiophene rings is 1. The third-order valence-corrected chi connectivity index (χ3v) is 5.27. The fourth-order valence-corrected chi connectivity index (χ4v) is 3.86. The van der Waals surface area contributed by atoms with Crippen molar-refractivity contribution in [3.8, 4) is 10.8 Å². The molecule has 0 radical (unpaired) electrons. The van der Waals surface area contributed by atoms with Crippen LogP contribution in [0, 0.1) is 12.7 Å². The van der Waals surface area contributed by atoms with Gasteiger partial charge in [-0.05, 0) is 24.6 Å². The first-order valence-electron chi connectivity index (χ1n) is 8.54. The highest BCUT2D eigenvalue weighted by molar-refractivity contribution is 7.12. The number of halogens is 5. The lowest BCUT2D eigenvalue weighted by molar-refractivity contribution is -0.251. The molecule has 0 amide bonds. The Morgan fingerprint density at radius 1 is 1.29 bits per heavy atom. The number of methoxy groups -OCH3 is 1. The summed E-state index contributed by atoms with van der Waals surface area (Å²) < 4.78 is 75.7. The van der Waals surface area contributed by atoms with Gasteiger partial charge in [-0.15, -0.1) is 11.3 Å². The molecule has 0 saturated carbocycles. The van der Waals surface area contributed by atoms with E-state index < -0.39 is 41.7 Å². The van der Waals surface area contributed by atoms with Crippen molar-refractivity contribution in [3.63, 3.8) is 0 Å². The van der Waals surface area contributed by atoms with Gasteiger partial charge in [0.2, 0.25) is 0 Å². The van der Waals surface area contributed by atoms with Crippen LogP contribution < -0.4 is 9.47 Å². The van der Waals surface area contributed by atoms with Crippen LogP contribution in [0.2, 0.25) is 0 Å². The second kappa shape index (κ2) is 8.17. The molecular weight excluding hydrogens is 449 g/mol. The first-order chi connectivity index (χ1) is 14.5. The Balaban J connectivity index is 2.11. The highest BCUT2D eigenvalue weighted by atomic mass is 32.1. The number of hydrogen-bond donors (Lipinski definition) is 1. The quantitative estimate of drug-likeness (QED) is 0.514. The third kappa shape index (κ3) is 4.07. The lowest BCUT2D eigenvalue weighted by atomic mass is 10.1. The van der Waals surface area contributed by atoms with E-state index in [1.54, 1.807) is 0 Å². The van der Waals surface area contributed by atoms with Crippen molar-refractivity contribution in [2.45, 2.75) is 25.9 Å². The van der Waals surface area contributed by atoms with Gasteiger partial charge in [0, 0.05) is 22.5 Å². The van der Waals surface area contributed by atoms with Crippen LogP contribution in [-0.2, 0) is 11.2 Å². The third-order valence-electron chi connectivity index (χ3n) is 4.46. The molecule has 0 bridgehead atoms. The van der Waals surface area contributed by atoms with E-state index in [1.807, 2.05) is 0 Å². The molecule has 0 spiro atoms. The number of carbonyl (C=O) groups excluding carboxylic acids is 1. The number of carboxylic acid groups (broad SMARTS) is 1. The van der Waals surface area contributed by atoms with Crippen molar-refractivity contribution in [1.82, 2.24) is 4.57 Å². The minimum Gasteiger partial charge on any atom is -0.494 e. The smallest absolute Gasteiger partial charge is 0.461 e. The van der Waals surface area contributed by atoms with Crippen LogP contribution in [0.4, 0.5) is 22.0 Å². The molecule has 31 heavy (non-hydrogen) atoms. The number of nitrogens with zero attached hydrogens (tertiary/aromatic N) is 1. The largest absolute Gasteiger partial charge is 0.494 e. The molecule has 0 unspecified atom stereocenters. The van der Waals surface area contributed by atoms with Gasteiger partial charge in [-0.25, -0.2) is 4.39 Å². The van der Waals surface area contributed by atoms with Crippen molar-refractivity contribution in [3.05, 3.63) is 46.2 Å². The average molecular weight is 463 g/mol. The molecule has 3 aromatic rings. The van der Waals surface area contributed by atoms with E-state index in [-0.39, 0.29) is 33.5 Å². The Morgan fingerprint density at radius 2 is 1.97 bits per heavy atom. The summed E-state index contributed by atoms with van der Waals surface area (Å²) in [5, 5.41) is 9.55. The SMILES string of the molecule is COc1ccc2c(c1F)c(CC(=O)O)c(C)n2C(=O)c1csc(OC(F)(F)C(F)F)c1. The number of hydrogen-bond acceptors (Lipinski definition) is 5. The predicted octanol–water partition coefficient (Wildman–Crippen LogP) is 4.71. The number of aromatic nitrogens is 1. The Hall–Kier alpha value is -3.15. The minimum atomic E-state index is -4.74. The Bertz CT molecular complexity index is 1170. The molecule has 12 heteroatoms. The van der Waals surface area contributed by atoms with E-state index in [2.05, 4.69) is 4.74 Å². The zero-order valence-electron chi connectivity index (χ0n) is 15.9. The van der Waals surface area contributed by atoms with E-state index in [0.29, 0.717) is 11.3 Å². The van der Waals surface area contributed by atoms with E-state index in [4.69, 9.17) is 4.74 Å². The van der Waals surface area contributed by atoms with Crippen LogP contribution >= 0.6 is 11.3 Å². The summed E-state index contributed by atoms with van der Waals surface area (Å²) in [7, 11) is 1.22. The zero-order valence-corrected chi connectivity index (χ0v) is 16.7. The summed E-state index contributed by atoms with van der Waals surface area (Å²) in [4.78, 5) is 24.3. The van der Waals surface area contributed by atoms with E-state index in [1.165, 1.54) is 26.2 Å². The fourth-order valence-electron chi connectivity index (χ4n) is 3.09. The van der Waals surface area contributed by atoms with Crippen LogP contribution in [0.25, 0.3) is 10.9 Å². The molecule has 1 N–H and O–H groups in total. The lowest BCUT2D eigenvalue weighted by Crippen LogP contribution is -2.33. The van der Waals surface area contributed by atoms with Crippen LogP contribution in [0.5, 0.6) is 10.8 Å². The number of rotatable bonds is 7. The van der Waals surface area contributed by atoms with Gasteiger partial charge in [0.1, 0.15) is 0 Å². The fraction of sp³-hybridized carbons (Fsp3) is 0.263. The maximum atomic E-state index is 14.9. The second-order valence-electron chi connectivity index (χ2n) is 6.37. The highest BCUT2D eigenvalue weighted by Crippen LogP contribution is 2.36. The van der Waals surface area contributed by atoms with E-state index in [0.717, 1.165) is 16.0 Å². The maximum Gasteiger partial charge on any atom is 0.461 e. The predicted molar refractivity (Wildman–Crippen MR) is 100 cm³/mol. The number of benzene rings is 1. The topological polar surface area (TPSA) is 77.8 Å². The summed E-state index contributed by atoms with van der Waals surface area (Å²) in [5.41, 5.74) is -0.0175. The molecular formula is C19H14F5NO5S. The number of aliphatic carboxylic acids is 1. The number of carboxylic acids is 1. The van der Waals surface area contributed by atoms with Crippen LogP contribution in [-0.4, -0.2) is 41.2 Å². The summed E-state index contributed by atoms with van der Waals surface area (Å²) in [6.07, 6.45) is -9.40. The molecule has 6 nitrogen and oxygen atoms in total. The number of alkyl halides is 4. The minimum absolute atomic E-state index is 0.0307. The number of carbonyl (C=O) groups is 2. The molecule has 0 aliphatic heterocycles. The van der Waals surface area contributed by atoms with E-state index >= 15 is 0 Å². The summed E-state index contributed by atoms with van der Waals surface area (Å²) in [5.74, 6) is -3.10. The molecule has 2 aromatic heterocycles. The van der Waals surface area contributed by atoms with Gasteiger partial charge in [-0.2, -0.15) is 17.6 Å². The summed E-state index contributed by atoms with van der Waals surface area (Å²) in [6, 6.07) is 3.45. The van der Waals surface area contributed by atoms with Gasteiger partial charge in [0.05, 0.1) is 24.6 Å². The molecule has 166 valence electrons. The molecule has 3 rings (SSSR count). The van der Waals surface area contributed by atoms with Crippen molar-refractivity contribution in [1.29, 1.82) is 0 Å². The van der Waals surface area contributed by atoms with Gasteiger partial charge in [0.25, 0.3) is 5.91 Å². The first-order valence-corrected chi connectivity index (χ1v) is 9.42. The Morgan fingerprint density at radius 3 is 2.55 bits per heavy atom. The molecule has 0 aliphatic carbocycles.